The van der Waals surface area contributed by atoms with Gasteiger partial charge in [0, 0.05) is 24.7 Å². The normalized spacial score (nSPS) is 22.5. The molecule has 0 aromatic carbocycles. The van der Waals surface area contributed by atoms with Gasteiger partial charge >= 0.3 is 0 Å². The Morgan fingerprint density at radius 3 is 2.68 bits per heavy atom. The zero-order valence-electron chi connectivity index (χ0n) is 15.3. The minimum atomic E-state index is 0. The number of halogens is 1. The van der Waals surface area contributed by atoms with E-state index in [1.807, 2.05) is 13.0 Å². The molecule has 0 amide bonds. The monoisotopic (exact) mass is 397 g/mol. The van der Waals surface area contributed by atoms with Crippen LogP contribution < -0.4 is 15.4 Å². The number of rotatable bonds is 4. The fraction of sp³-hybridized carbons (Fsp3) is 0.368. The minimum Gasteiger partial charge on any atom is -0.492 e. The average molecular weight is 398 g/mol. The summed E-state index contributed by atoms with van der Waals surface area (Å²) in [7, 11) is 0. The predicted octanol–water partition coefficient (Wildman–Crippen LogP) is 1.88. The van der Waals surface area contributed by atoms with E-state index in [0.29, 0.717) is 47.0 Å². The number of anilines is 1. The molecule has 8 nitrogen and oxygen atoms in total. The van der Waals surface area contributed by atoms with Crippen LogP contribution in [0.15, 0.2) is 30.9 Å². The van der Waals surface area contributed by atoms with Crippen LogP contribution in [0.2, 0.25) is 0 Å². The Morgan fingerprint density at radius 2 is 2.04 bits per heavy atom. The lowest BCUT2D eigenvalue weighted by Crippen LogP contribution is -2.28. The smallest absolute Gasteiger partial charge is 0.147 e. The van der Waals surface area contributed by atoms with Crippen molar-refractivity contribution in [2.45, 2.75) is 13.0 Å². The second kappa shape index (κ2) is 6.93. The Bertz CT molecular complexity index is 1050. The fourth-order valence-electron chi connectivity index (χ4n) is 4.00. The summed E-state index contributed by atoms with van der Waals surface area (Å²) in [6, 6.07) is 4.43. The minimum absolute atomic E-state index is 0. The zero-order valence-corrected chi connectivity index (χ0v) is 16.1. The summed E-state index contributed by atoms with van der Waals surface area (Å²) in [5.41, 5.74) is 8.67. The molecule has 9 heteroatoms. The maximum Gasteiger partial charge on any atom is 0.147 e. The summed E-state index contributed by atoms with van der Waals surface area (Å²) >= 11 is 0. The Balaban J connectivity index is 0.00000192. The van der Waals surface area contributed by atoms with Crippen molar-refractivity contribution in [2.24, 2.45) is 17.6 Å². The third-order valence-electron chi connectivity index (χ3n) is 5.52. The fourth-order valence-corrected chi connectivity index (χ4v) is 4.00. The molecule has 144 valence electrons. The van der Waals surface area contributed by atoms with E-state index in [1.54, 1.807) is 29.3 Å². The molecule has 0 bridgehead atoms. The van der Waals surface area contributed by atoms with Gasteiger partial charge in [-0.05, 0) is 24.8 Å². The highest BCUT2D eigenvalue weighted by atomic mass is 35.5. The summed E-state index contributed by atoms with van der Waals surface area (Å²) in [5, 5.41) is 13.7. The number of nitriles is 1. The van der Waals surface area contributed by atoms with Crippen molar-refractivity contribution in [1.29, 1.82) is 5.26 Å². The highest BCUT2D eigenvalue weighted by Gasteiger charge is 2.53. The van der Waals surface area contributed by atoms with Gasteiger partial charge in [0.15, 0.2) is 0 Å². The molecule has 1 unspecified atom stereocenters. The summed E-state index contributed by atoms with van der Waals surface area (Å²) in [5.74, 6) is 2.73. The zero-order chi connectivity index (χ0) is 18.5. The van der Waals surface area contributed by atoms with Gasteiger partial charge < -0.3 is 15.4 Å². The van der Waals surface area contributed by atoms with Crippen molar-refractivity contribution in [3.8, 4) is 23.1 Å². The Labute approximate surface area is 168 Å². The molecule has 1 aliphatic heterocycles. The van der Waals surface area contributed by atoms with Crippen molar-refractivity contribution in [3.63, 3.8) is 0 Å². The van der Waals surface area contributed by atoms with E-state index >= 15 is 0 Å². The SMILES string of the molecule is CCOc1cc(-c2cnc(N3C[C@@H]4C(N)[C@@H]4C3)cn2)c2c(C#N)cnn2c1.Cl. The predicted molar refractivity (Wildman–Crippen MR) is 107 cm³/mol. The van der Waals surface area contributed by atoms with Crippen LogP contribution in [-0.4, -0.2) is 45.3 Å². The number of hydrogen-bond acceptors (Lipinski definition) is 7. The number of ether oxygens (including phenoxy) is 1. The molecule has 1 aliphatic carbocycles. The van der Waals surface area contributed by atoms with E-state index in [4.69, 9.17) is 10.5 Å². The summed E-state index contributed by atoms with van der Waals surface area (Å²) in [6.45, 7) is 4.37. The van der Waals surface area contributed by atoms with Crippen LogP contribution in [0.4, 0.5) is 5.82 Å². The van der Waals surface area contributed by atoms with Crippen LogP contribution in [0, 0.1) is 23.2 Å². The lowest BCUT2D eigenvalue weighted by atomic mass is 10.1. The summed E-state index contributed by atoms with van der Waals surface area (Å²) in [4.78, 5) is 11.5. The van der Waals surface area contributed by atoms with Crippen LogP contribution in [0.3, 0.4) is 0 Å². The molecule has 5 rings (SSSR count). The molecule has 3 atom stereocenters. The number of pyridine rings is 1. The van der Waals surface area contributed by atoms with Crippen molar-refractivity contribution >= 4 is 23.7 Å². The number of nitrogens with two attached hydrogens (primary N) is 1. The molecule has 3 aromatic heterocycles. The molecule has 2 N–H and O–H groups in total. The Kier molecular flexibility index (Phi) is 4.57. The highest BCUT2D eigenvalue weighted by Crippen LogP contribution is 2.44. The molecule has 2 aliphatic rings. The van der Waals surface area contributed by atoms with Gasteiger partial charge in [-0.3, -0.25) is 4.98 Å². The van der Waals surface area contributed by atoms with Crippen molar-refractivity contribution in [2.75, 3.05) is 24.6 Å². The van der Waals surface area contributed by atoms with Crippen LogP contribution in [0.25, 0.3) is 16.8 Å². The average Bonchev–Trinajstić information content (AvgIpc) is 3.09. The first-order chi connectivity index (χ1) is 13.2. The molecular formula is C19H20ClN7O. The molecule has 4 heterocycles. The van der Waals surface area contributed by atoms with Crippen LogP contribution in [-0.2, 0) is 0 Å². The van der Waals surface area contributed by atoms with Gasteiger partial charge in [-0.15, -0.1) is 12.4 Å². The first-order valence-corrected chi connectivity index (χ1v) is 9.07. The quantitative estimate of drug-likeness (QED) is 0.716. The summed E-state index contributed by atoms with van der Waals surface area (Å²) < 4.78 is 7.30. The van der Waals surface area contributed by atoms with Gasteiger partial charge in [0.2, 0.25) is 0 Å². The maximum absolute atomic E-state index is 9.42. The molecule has 0 radical (unpaired) electrons. The van der Waals surface area contributed by atoms with E-state index in [2.05, 4.69) is 26.0 Å². The van der Waals surface area contributed by atoms with Crippen molar-refractivity contribution in [1.82, 2.24) is 19.6 Å². The molecule has 1 saturated heterocycles. The first kappa shape index (κ1) is 18.5. The largest absolute Gasteiger partial charge is 0.492 e. The Hall–Kier alpha value is -2.89. The third kappa shape index (κ3) is 2.84. The van der Waals surface area contributed by atoms with Crippen LogP contribution >= 0.6 is 12.4 Å². The van der Waals surface area contributed by atoms with Gasteiger partial charge in [0.05, 0.1) is 48.2 Å². The number of nitrogens with zero attached hydrogens (tertiary/aromatic N) is 6. The number of aromatic nitrogens is 4. The third-order valence-corrected chi connectivity index (χ3v) is 5.52. The van der Waals surface area contributed by atoms with E-state index < -0.39 is 0 Å². The van der Waals surface area contributed by atoms with Gasteiger partial charge in [0.1, 0.15) is 17.6 Å². The van der Waals surface area contributed by atoms with Gasteiger partial charge in [-0.1, -0.05) is 0 Å². The van der Waals surface area contributed by atoms with E-state index in [0.717, 1.165) is 24.5 Å². The number of hydrogen-bond donors (Lipinski definition) is 1. The molecule has 28 heavy (non-hydrogen) atoms. The second-order valence-electron chi connectivity index (χ2n) is 7.06. The van der Waals surface area contributed by atoms with Gasteiger partial charge in [-0.25, -0.2) is 9.50 Å². The standard InChI is InChI=1S/C19H19N7O.ClH/c1-2-27-12-3-13(19-11(4-20)5-24-26(19)8-12)16-6-23-17(7-22-16)25-9-14-15(10-25)18(14)21;/h3,5-8,14-15,18H,2,9-10,21H2,1H3;1H/t14-,15+,18?;. The van der Waals surface area contributed by atoms with E-state index in [1.165, 1.54) is 0 Å². The maximum atomic E-state index is 9.42. The van der Waals surface area contributed by atoms with Crippen LogP contribution in [0.1, 0.15) is 12.5 Å². The molecule has 2 fully saturated rings. The number of piperidine rings is 1. The first-order valence-electron chi connectivity index (χ1n) is 9.07. The van der Waals surface area contributed by atoms with Crippen LogP contribution in [0.5, 0.6) is 5.75 Å². The molecule has 0 spiro atoms. The van der Waals surface area contributed by atoms with E-state index in [-0.39, 0.29) is 12.4 Å². The summed E-state index contributed by atoms with van der Waals surface area (Å²) in [6.07, 6.45) is 6.86. The topological polar surface area (TPSA) is 105 Å². The lowest BCUT2D eigenvalue weighted by molar-refractivity contribution is 0.338. The second-order valence-corrected chi connectivity index (χ2v) is 7.06. The molecule has 1 saturated carbocycles. The molecule has 3 aromatic rings. The lowest BCUT2D eigenvalue weighted by Gasteiger charge is -2.19. The number of fused-ring (bicyclic) bond motifs is 2. The van der Waals surface area contributed by atoms with Gasteiger partial charge in [0.25, 0.3) is 0 Å². The van der Waals surface area contributed by atoms with E-state index in [9.17, 15) is 5.26 Å². The van der Waals surface area contributed by atoms with Crippen molar-refractivity contribution < 1.29 is 4.74 Å². The highest BCUT2D eigenvalue weighted by molar-refractivity contribution is 5.85. The molecular weight excluding hydrogens is 378 g/mol. The van der Waals surface area contributed by atoms with Crippen molar-refractivity contribution in [3.05, 3.63) is 36.4 Å². The Morgan fingerprint density at radius 1 is 1.25 bits per heavy atom. The van der Waals surface area contributed by atoms with Gasteiger partial charge in [-0.2, -0.15) is 10.4 Å².